The van der Waals surface area contributed by atoms with Crippen molar-refractivity contribution in [1.29, 1.82) is 0 Å². The Morgan fingerprint density at radius 1 is 1.00 bits per heavy atom. The van der Waals surface area contributed by atoms with Crippen LogP contribution in [0.2, 0.25) is 0 Å². The van der Waals surface area contributed by atoms with Gasteiger partial charge in [0.25, 0.3) is 5.91 Å². The number of morpholine rings is 1. The van der Waals surface area contributed by atoms with Crippen LogP contribution in [-0.2, 0) is 11.3 Å². The number of rotatable bonds is 6. The third kappa shape index (κ3) is 6.29. The SMILES string of the molecule is CC1CC(C)CN(C(C)(C)CNC(=O)c2ccc(CN3CC(C)OC(C)C3)cc2)C1. The molecule has 3 rings (SSSR count). The first kappa shape index (κ1) is 23.2. The van der Waals surface area contributed by atoms with Gasteiger partial charge in [0.2, 0.25) is 0 Å². The minimum Gasteiger partial charge on any atom is -0.373 e. The monoisotopic (exact) mass is 415 g/mol. The highest BCUT2D eigenvalue weighted by Crippen LogP contribution is 2.27. The Morgan fingerprint density at radius 3 is 2.13 bits per heavy atom. The number of hydrogen-bond acceptors (Lipinski definition) is 4. The van der Waals surface area contributed by atoms with Gasteiger partial charge in [0.05, 0.1) is 12.2 Å². The Kier molecular flexibility index (Phi) is 7.59. The Hall–Kier alpha value is -1.43. The summed E-state index contributed by atoms with van der Waals surface area (Å²) in [6.07, 6.45) is 1.84. The van der Waals surface area contributed by atoms with Crippen LogP contribution in [-0.4, -0.2) is 66.2 Å². The predicted molar refractivity (Wildman–Crippen MR) is 123 cm³/mol. The first-order valence-electron chi connectivity index (χ1n) is 11.6. The Labute approximate surface area is 183 Å². The van der Waals surface area contributed by atoms with E-state index < -0.39 is 0 Å². The molecule has 0 aromatic heterocycles. The quantitative estimate of drug-likeness (QED) is 0.768. The molecule has 5 heteroatoms. The van der Waals surface area contributed by atoms with Crippen molar-refractivity contribution in [3.8, 4) is 0 Å². The number of amides is 1. The maximum Gasteiger partial charge on any atom is 0.251 e. The summed E-state index contributed by atoms with van der Waals surface area (Å²) in [4.78, 5) is 17.7. The average molecular weight is 416 g/mol. The first-order valence-corrected chi connectivity index (χ1v) is 11.6. The molecule has 1 N–H and O–H groups in total. The first-order chi connectivity index (χ1) is 14.1. The van der Waals surface area contributed by atoms with E-state index in [1.807, 2.05) is 12.1 Å². The van der Waals surface area contributed by atoms with Crippen molar-refractivity contribution in [3.63, 3.8) is 0 Å². The zero-order valence-corrected chi connectivity index (χ0v) is 19.8. The lowest BCUT2D eigenvalue weighted by atomic mass is 9.88. The van der Waals surface area contributed by atoms with Crippen molar-refractivity contribution in [2.75, 3.05) is 32.7 Å². The third-order valence-electron chi connectivity index (χ3n) is 6.52. The molecule has 2 heterocycles. The molecule has 5 nitrogen and oxygen atoms in total. The van der Waals surface area contributed by atoms with E-state index >= 15 is 0 Å². The molecule has 0 radical (unpaired) electrons. The lowest BCUT2D eigenvalue weighted by Crippen LogP contribution is -2.56. The van der Waals surface area contributed by atoms with Gasteiger partial charge in [-0.2, -0.15) is 0 Å². The van der Waals surface area contributed by atoms with Crippen molar-refractivity contribution in [2.45, 2.75) is 72.3 Å². The van der Waals surface area contributed by atoms with Crippen LogP contribution in [0.1, 0.15) is 63.9 Å². The molecule has 1 aromatic carbocycles. The van der Waals surface area contributed by atoms with Crippen molar-refractivity contribution < 1.29 is 9.53 Å². The summed E-state index contributed by atoms with van der Waals surface area (Å²) in [5.74, 6) is 1.45. The van der Waals surface area contributed by atoms with E-state index in [1.54, 1.807) is 0 Å². The second-order valence-corrected chi connectivity index (χ2v) is 10.5. The Morgan fingerprint density at radius 2 is 1.57 bits per heavy atom. The van der Waals surface area contributed by atoms with Gasteiger partial charge in [0, 0.05) is 50.4 Å². The maximum absolute atomic E-state index is 12.7. The fourth-order valence-corrected chi connectivity index (χ4v) is 5.10. The molecule has 0 aliphatic carbocycles. The topological polar surface area (TPSA) is 44.8 Å². The van der Waals surface area contributed by atoms with Crippen molar-refractivity contribution >= 4 is 5.91 Å². The summed E-state index contributed by atoms with van der Waals surface area (Å²) in [5, 5.41) is 3.17. The molecule has 4 atom stereocenters. The van der Waals surface area contributed by atoms with E-state index in [2.05, 4.69) is 68.8 Å². The van der Waals surface area contributed by atoms with Crippen LogP contribution < -0.4 is 5.32 Å². The molecule has 1 amide bonds. The highest BCUT2D eigenvalue weighted by molar-refractivity contribution is 5.94. The minimum absolute atomic E-state index is 0.0151. The van der Waals surface area contributed by atoms with E-state index in [0.717, 1.165) is 38.3 Å². The zero-order valence-electron chi connectivity index (χ0n) is 19.8. The van der Waals surface area contributed by atoms with Gasteiger partial charge in [-0.1, -0.05) is 26.0 Å². The predicted octanol–water partition coefficient (Wildman–Crippen LogP) is 3.78. The van der Waals surface area contributed by atoms with Crippen LogP contribution in [0, 0.1) is 11.8 Å². The molecule has 0 saturated carbocycles. The van der Waals surface area contributed by atoms with E-state index in [-0.39, 0.29) is 23.7 Å². The van der Waals surface area contributed by atoms with Gasteiger partial charge in [0.1, 0.15) is 0 Å². The number of hydrogen-bond donors (Lipinski definition) is 1. The fraction of sp³-hybridized carbons (Fsp3) is 0.720. The molecule has 2 aliphatic heterocycles. The number of likely N-dealkylation sites (tertiary alicyclic amines) is 1. The van der Waals surface area contributed by atoms with Gasteiger partial charge in [-0.25, -0.2) is 0 Å². The Bertz CT molecular complexity index is 683. The van der Waals surface area contributed by atoms with Gasteiger partial charge in [-0.3, -0.25) is 14.6 Å². The lowest BCUT2D eigenvalue weighted by molar-refractivity contribution is -0.0704. The number of ether oxygens (including phenoxy) is 1. The molecule has 0 bridgehead atoms. The molecule has 4 unspecified atom stereocenters. The molecular formula is C25H41N3O2. The highest BCUT2D eigenvalue weighted by Gasteiger charge is 2.33. The molecule has 2 aliphatic rings. The summed E-state index contributed by atoms with van der Waals surface area (Å²) in [7, 11) is 0. The van der Waals surface area contributed by atoms with Crippen LogP contribution >= 0.6 is 0 Å². The molecular weight excluding hydrogens is 374 g/mol. The summed E-state index contributed by atoms with van der Waals surface area (Å²) >= 11 is 0. The summed E-state index contributed by atoms with van der Waals surface area (Å²) in [6.45, 7) is 19.1. The minimum atomic E-state index is -0.0394. The third-order valence-corrected chi connectivity index (χ3v) is 6.52. The van der Waals surface area contributed by atoms with Crippen LogP contribution in [0.15, 0.2) is 24.3 Å². The molecule has 30 heavy (non-hydrogen) atoms. The van der Waals surface area contributed by atoms with Crippen LogP contribution in [0.5, 0.6) is 0 Å². The second-order valence-electron chi connectivity index (χ2n) is 10.5. The molecule has 2 saturated heterocycles. The number of nitrogens with zero attached hydrogens (tertiary/aromatic N) is 2. The molecule has 168 valence electrons. The van der Waals surface area contributed by atoms with Crippen molar-refractivity contribution in [1.82, 2.24) is 15.1 Å². The van der Waals surface area contributed by atoms with Gasteiger partial charge in [0.15, 0.2) is 0 Å². The lowest BCUT2D eigenvalue weighted by Gasteiger charge is -2.45. The number of piperidine rings is 1. The van der Waals surface area contributed by atoms with Crippen molar-refractivity contribution in [2.24, 2.45) is 11.8 Å². The summed E-state index contributed by atoms with van der Waals surface area (Å²) in [5.41, 5.74) is 1.94. The second kappa shape index (κ2) is 9.80. The van der Waals surface area contributed by atoms with Crippen LogP contribution in [0.25, 0.3) is 0 Å². The zero-order chi connectivity index (χ0) is 21.9. The number of carbonyl (C=O) groups excluding carboxylic acids is 1. The van der Waals surface area contributed by atoms with Crippen molar-refractivity contribution in [3.05, 3.63) is 35.4 Å². The Balaban J connectivity index is 1.52. The highest BCUT2D eigenvalue weighted by atomic mass is 16.5. The van der Waals surface area contributed by atoms with Crippen LogP contribution in [0.3, 0.4) is 0 Å². The largest absolute Gasteiger partial charge is 0.373 e. The van der Waals surface area contributed by atoms with E-state index in [4.69, 9.17) is 4.74 Å². The molecule has 0 spiro atoms. The summed E-state index contributed by atoms with van der Waals surface area (Å²) in [6, 6.07) is 8.07. The average Bonchev–Trinajstić information content (AvgIpc) is 2.65. The normalized spacial score (nSPS) is 29.0. The molecule has 2 fully saturated rings. The van der Waals surface area contributed by atoms with Crippen LogP contribution in [0.4, 0.5) is 0 Å². The number of nitrogens with one attached hydrogen (secondary N) is 1. The van der Waals surface area contributed by atoms with Gasteiger partial charge in [-0.05, 0) is 63.6 Å². The fourth-order valence-electron chi connectivity index (χ4n) is 5.10. The number of benzene rings is 1. The standard InChI is InChI=1S/C25H41N3O2/c1-18-11-19(2)13-28(12-18)25(5,6)17-26-24(29)23-9-7-22(8-10-23)16-27-14-20(3)30-21(4)15-27/h7-10,18-21H,11-17H2,1-6H3,(H,26,29). The van der Waals surface area contributed by atoms with E-state index in [0.29, 0.717) is 18.4 Å². The molecule has 1 aromatic rings. The maximum atomic E-state index is 12.7. The van der Waals surface area contributed by atoms with Gasteiger partial charge in [-0.15, -0.1) is 0 Å². The van der Waals surface area contributed by atoms with E-state index in [1.165, 1.54) is 12.0 Å². The number of carbonyl (C=O) groups is 1. The summed E-state index contributed by atoms with van der Waals surface area (Å²) < 4.78 is 5.82. The van der Waals surface area contributed by atoms with E-state index in [9.17, 15) is 4.79 Å². The smallest absolute Gasteiger partial charge is 0.251 e. The van der Waals surface area contributed by atoms with Gasteiger partial charge < -0.3 is 10.1 Å². The van der Waals surface area contributed by atoms with Gasteiger partial charge >= 0.3 is 0 Å².